The van der Waals surface area contributed by atoms with Crippen LogP contribution < -0.4 is 0 Å². The highest BCUT2D eigenvalue weighted by Gasteiger charge is 2.05. The van der Waals surface area contributed by atoms with Crippen molar-refractivity contribution >= 4 is 40.2 Å². The molecule has 3 rings (SSSR count). The van der Waals surface area contributed by atoms with Gasteiger partial charge in [0.05, 0.1) is 16.0 Å². The van der Waals surface area contributed by atoms with Gasteiger partial charge in [0, 0.05) is 16.8 Å². The van der Waals surface area contributed by atoms with Gasteiger partial charge in [-0.25, -0.2) is 4.98 Å². The summed E-state index contributed by atoms with van der Waals surface area (Å²) in [5.74, 6) is 0.908. The van der Waals surface area contributed by atoms with Crippen molar-refractivity contribution < 1.29 is 0 Å². The molecular formula is C12H9ClN2S2. The number of hydrogen-bond donors (Lipinski definition) is 0. The summed E-state index contributed by atoms with van der Waals surface area (Å²) in [7, 11) is 0. The number of fused-ring (bicyclic) bond motifs is 1. The minimum absolute atomic E-state index is 0.841. The molecule has 0 atom stereocenters. The van der Waals surface area contributed by atoms with Crippen LogP contribution in [0.2, 0.25) is 4.34 Å². The summed E-state index contributed by atoms with van der Waals surface area (Å²) in [6.07, 6.45) is 3.93. The fraction of sp³-hybridized carbons (Fsp3) is 0.0833. The number of thiophene rings is 1. The molecule has 0 saturated carbocycles. The summed E-state index contributed by atoms with van der Waals surface area (Å²) in [6.45, 7) is 0. The van der Waals surface area contributed by atoms with E-state index in [1.165, 1.54) is 4.88 Å². The average molecular weight is 281 g/mol. The van der Waals surface area contributed by atoms with Crippen LogP contribution in [0.4, 0.5) is 0 Å². The van der Waals surface area contributed by atoms with E-state index < -0.39 is 0 Å². The van der Waals surface area contributed by atoms with E-state index in [0.717, 1.165) is 20.8 Å². The van der Waals surface area contributed by atoms with Gasteiger partial charge < -0.3 is 0 Å². The Balaban J connectivity index is 1.81. The lowest BCUT2D eigenvalue weighted by atomic mass is 10.4. The van der Waals surface area contributed by atoms with Gasteiger partial charge in [-0.2, -0.15) is 0 Å². The van der Waals surface area contributed by atoms with E-state index in [1.807, 2.05) is 30.6 Å². The molecule has 0 aliphatic carbocycles. The van der Waals surface area contributed by atoms with Crippen LogP contribution in [-0.2, 0) is 5.75 Å². The van der Waals surface area contributed by atoms with Crippen LogP contribution in [0.3, 0.4) is 0 Å². The number of halogens is 1. The number of aromatic nitrogens is 2. The molecule has 0 spiro atoms. The van der Waals surface area contributed by atoms with Gasteiger partial charge >= 0.3 is 0 Å². The van der Waals surface area contributed by atoms with Crippen LogP contribution >= 0.6 is 34.7 Å². The maximum absolute atomic E-state index is 5.90. The lowest BCUT2D eigenvalue weighted by Crippen LogP contribution is -1.86. The van der Waals surface area contributed by atoms with Gasteiger partial charge in [-0.15, -0.1) is 11.3 Å². The van der Waals surface area contributed by atoms with E-state index in [9.17, 15) is 0 Å². The Morgan fingerprint density at radius 2 is 2.24 bits per heavy atom. The second-order valence-corrected chi connectivity index (χ2v) is 6.27. The van der Waals surface area contributed by atoms with Crippen molar-refractivity contribution in [1.82, 2.24) is 9.38 Å². The molecule has 17 heavy (non-hydrogen) atoms. The largest absolute Gasteiger partial charge is 0.295 e. The van der Waals surface area contributed by atoms with E-state index in [4.69, 9.17) is 11.6 Å². The van der Waals surface area contributed by atoms with E-state index in [-0.39, 0.29) is 0 Å². The fourth-order valence-electron chi connectivity index (χ4n) is 1.59. The number of rotatable bonds is 3. The predicted octanol–water partition coefficient (Wildman–Crippen LogP) is 4.34. The van der Waals surface area contributed by atoms with Gasteiger partial charge in [0.15, 0.2) is 5.16 Å². The van der Waals surface area contributed by atoms with Crippen LogP contribution in [0.1, 0.15) is 4.88 Å². The normalized spacial score (nSPS) is 11.1. The molecule has 0 radical (unpaired) electrons. The van der Waals surface area contributed by atoms with Crippen molar-refractivity contribution in [3.63, 3.8) is 0 Å². The Morgan fingerprint density at radius 3 is 3.06 bits per heavy atom. The summed E-state index contributed by atoms with van der Waals surface area (Å²) in [5, 5.41) is 1.02. The molecule has 5 heteroatoms. The summed E-state index contributed by atoms with van der Waals surface area (Å²) in [4.78, 5) is 5.69. The first-order valence-corrected chi connectivity index (χ1v) is 7.30. The molecular weight excluding hydrogens is 272 g/mol. The number of imidazole rings is 1. The summed E-state index contributed by atoms with van der Waals surface area (Å²) in [6, 6.07) is 10.1. The minimum Gasteiger partial charge on any atom is -0.295 e. The van der Waals surface area contributed by atoms with E-state index in [0.29, 0.717) is 0 Å². The first kappa shape index (κ1) is 11.1. The molecule has 3 aromatic heterocycles. The zero-order valence-corrected chi connectivity index (χ0v) is 11.2. The van der Waals surface area contributed by atoms with Crippen LogP contribution in [0.5, 0.6) is 0 Å². The number of thioether (sulfide) groups is 1. The third-order valence-corrected chi connectivity index (χ3v) is 4.81. The minimum atomic E-state index is 0.841. The first-order valence-electron chi connectivity index (χ1n) is 5.12. The number of pyridine rings is 1. The van der Waals surface area contributed by atoms with Crippen LogP contribution in [-0.4, -0.2) is 9.38 Å². The topological polar surface area (TPSA) is 17.3 Å². The van der Waals surface area contributed by atoms with Crippen molar-refractivity contribution in [3.8, 4) is 0 Å². The van der Waals surface area contributed by atoms with Crippen molar-refractivity contribution in [2.45, 2.75) is 10.9 Å². The van der Waals surface area contributed by atoms with E-state index in [1.54, 1.807) is 23.1 Å². The van der Waals surface area contributed by atoms with E-state index >= 15 is 0 Å². The predicted molar refractivity (Wildman–Crippen MR) is 74.1 cm³/mol. The molecule has 0 unspecified atom stereocenters. The van der Waals surface area contributed by atoms with Gasteiger partial charge in [0.1, 0.15) is 0 Å². The van der Waals surface area contributed by atoms with Crippen molar-refractivity contribution in [2.75, 3.05) is 0 Å². The van der Waals surface area contributed by atoms with Crippen molar-refractivity contribution in [3.05, 3.63) is 51.9 Å². The molecule has 3 aromatic rings. The highest BCUT2D eigenvalue weighted by molar-refractivity contribution is 7.98. The number of nitrogens with zero attached hydrogens (tertiary/aromatic N) is 2. The molecule has 86 valence electrons. The van der Waals surface area contributed by atoms with Gasteiger partial charge in [0.2, 0.25) is 0 Å². The zero-order chi connectivity index (χ0) is 11.7. The van der Waals surface area contributed by atoms with Crippen molar-refractivity contribution in [2.24, 2.45) is 0 Å². The molecule has 0 aromatic carbocycles. The maximum Gasteiger partial charge on any atom is 0.172 e. The van der Waals surface area contributed by atoms with Gasteiger partial charge in [0.25, 0.3) is 0 Å². The smallest absolute Gasteiger partial charge is 0.172 e. The van der Waals surface area contributed by atoms with Gasteiger partial charge in [-0.05, 0) is 24.3 Å². The fourth-order valence-corrected chi connectivity index (χ4v) is 3.69. The number of hydrogen-bond acceptors (Lipinski definition) is 3. The second kappa shape index (κ2) is 4.72. The Kier molecular flexibility index (Phi) is 3.09. The van der Waals surface area contributed by atoms with Gasteiger partial charge in [-0.3, -0.25) is 4.40 Å². The molecule has 0 aliphatic rings. The summed E-state index contributed by atoms with van der Waals surface area (Å²) >= 11 is 9.25. The van der Waals surface area contributed by atoms with E-state index in [2.05, 4.69) is 21.5 Å². The molecule has 0 amide bonds. The zero-order valence-electron chi connectivity index (χ0n) is 8.84. The molecule has 3 heterocycles. The van der Waals surface area contributed by atoms with Crippen LogP contribution in [0, 0.1) is 0 Å². The first-order chi connectivity index (χ1) is 8.33. The average Bonchev–Trinajstić information content (AvgIpc) is 2.93. The maximum atomic E-state index is 5.90. The molecule has 0 fully saturated rings. The molecule has 0 bridgehead atoms. The van der Waals surface area contributed by atoms with Crippen LogP contribution in [0.15, 0.2) is 47.9 Å². The monoisotopic (exact) mass is 280 g/mol. The third kappa shape index (κ3) is 2.34. The molecule has 0 aliphatic heterocycles. The Morgan fingerprint density at radius 1 is 1.29 bits per heavy atom. The lowest BCUT2D eigenvalue weighted by molar-refractivity contribution is 0.958. The van der Waals surface area contributed by atoms with Crippen LogP contribution in [0.25, 0.3) is 5.52 Å². The Hall–Kier alpha value is -0.970. The summed E-state index contributed by atoms with van der Waals surface area (Å²) < 4.78 is 2.94. The Labute approximate surface area is 112 Å². The molecule has 0 saturated heterocycles. The molecule has 2 nitrogen and oxygen atoms in total. The third-order valence-electron chi connectivity index (χ3n) is 2.38. The summed E-state index contributed by atoms with van der Waals surface area (Å²) in [5.41, 5.74) is 1.12. The lowest BCUT2D eigenvalue weighted by Gasteiger charge is -1.99. The van der Waals surface area contributed by atoms with Crippen molar-refractivity contribution in [1.29, 1.82) is 0 Å². The highest BCUT2D eigenvalue weighted by atomic mass is 35.5. The molecule has 0 N–H and O–H groups in total. The standard InChI is InChI=1S/C12H9ClN2S2/c13-11-5-4-10(17-11)8-16-12-14-7-9-3-1-2-6-15(9)12/h1-7H,8H2. The SMILES string of the molecule is Clc1ccc(CSc2ncc3ccccn23)s1. The van der Waals surface area contributed by atoms with Gasteiger partial charge in [-0.1, -0.05) is 29.4 Å². The second-order valence-electron chi connectivity index (χ2n) is 3.53. The quantitative estimate of drug-likeness (QED) is 0.664. The highest BCUT2D eigenvalue weighted by Crippen LogP contribution is 2.28. The Bertz CT molecular complexity index is 645.